The van der Waals surface area contributed by atoms with Gasteiger partial charge in [0, 0.05) is 50.5 Å². The van der Waals surface area contributed by atoms with Crippen LogP contribution in [-0.2, 0) is 27.3 Å². The number of fused-ring (bicyclic) bond motifs is 1. The van der Waals surface area contributed by atoms with E-state index in [1.165, 1.54) is 11.3 Å². The lowest BCUT2D eigenvalue weighted by Crippen LogP contribution is -2.66. The standard InChI is InChI=1S/C27H41N5O4/c1-27(2,3)24(29-25(34)21(15-32(36)18-33)13-19-7-4-5-8-19)26(35)31-16-22(17-31)30-12-10-23-20(14-30)9-6-11-28-23/h6,9,11,18-19,21-22,24,36H,4-5,7-8,10,12-17H2,1-3H3,(H,29,34)/t21-,24-/m1/s1. The van der Waals surface area contributed by atoms with Crippen LogP contribution in [0.3, 0.4) is 0 Å². The van der Waals surface area contributed by atoms with Gasteiger partial charge >= 0.3 is 0 Å². The fourth-order valence-corrected chi connectivity index (χ4v) is 5.84. The van der Waals surface area contributed by atoms with Gasteiger partial charge in [0.1, 0.15) is 6.04 Å². The van der Waals surface area contributed by atoms with E-state index >= 15 is 0 Å². The third-order valence-electron chi connectivity index (χ3n) is 8.08. The van der Waals surface area contributed by atoms with Gasteiger partial charge in [-0.05, 0) is 29.4 Å². The van der Waals surface area contributed by atoms with E-state index in [0.29, 0.717) is 42.9 Å². The maximum atomic E-state index is 13.5. The predicted octanol–water partition coefficient (Wildman–Crippen LogP) is 2.23. The number of aromatic nitrogens is 1. The number of hydrogen-bond donors (Lipinski definition) is 2. The second kappa shape index (κ2) is 11.3. The molecule has 3 amide bonds. The number of pyridine rings is 1. The van der Waals surface area contributed by atoms with Crippen molar-refractivity contribution in [2.45, 2.75) is 77.9 Å². The first-order chi connectivity index (χ1) is 17.2. The van der Waals surface area contributed by atoms with Crippen LogP contribution < -0.4 is 5.32 Å². The topological polar surface area (TPSA) is 106 Å². The summed E-state index contributed by atoms with van der Waals surface area (Å²) in [6, 6.07) is 3.73. The number of likely N-dealkylation sites (tertiary alicyclic amines) is 1. The smallest absolute Gasteiger partial charge is 0.245 e. The van der Waals surface area contributed by atoms with E-state index in [9.17, 15) is 19.6 Å². The summed E-state index contributed by atoms with van der Waals surface area (Å²) in [5.74, 6) is -0.479. The minimum absolute atomic E-state index is 0.0615. The van der Waals surface area contributed by atoms with E-state index in [2.05, 4.69) is 21.3 Å². The summed E-state index contributed by atoms with van der Waals surface area (Å²) in [7, 11) is 0. The molecular formula is C27H41N5O4. The fourth-order valence-electron chi connectivity index (χ4n) is 5.84. The Morgan fingerprint density at radius 1 is 1.28 bits per heavy atom. The number of amides is 3. The van der Waals surface area contributed by atoms with Crippen LogP contribution in [-0.4, -0.2) is 81.5 Å². The zero-order valence-corrected chi connectivity index (χ0v) is 21.9. The molecule has 1 saturated heterocycles. The summed E-state index contributed by atoms with van der Waals surface area (Å²) in [6.45, 7) is 8.90. The first kappa shape index (κ1) is 26.5. The Morgan fingerprint density at radius 2 is 2.00 bits per heavy atom. The predicted molar refractivity (Wildman–Crippen MR) is 135 cm³/mol. The Balaban J connectivity index is 1.37. The SMILES string of the molecule is CC(C)(C)[C@H](NC(=O)[C@H](CC1CCCC1)CN(O)C=O)C(=O)N1CC(N2CCc3ncccc3C2)C1. The van der Waals surface area contributed by atoms with E-state index in [0.717, 1.165) is 45.2 Å². The van der Waals surface area contributed by atoms with E-state index in [1.54, 1.807) is 0 Å². The second-order valence-corrected chi connectivity index (χ2v) is 11.8. The lowest BCUT2D eigenvalue weighted by Gasteiger charge is -2.48. The molecule has 4 rings (SSSR count). The number of hydrogen-bond acceptors (Lipinski definition) is 6. The molecule has 198 valence electrons. The van der Waals surface area contributed by atoms with Gasteiger partial charge in [-0.25, -0.2) is 5.06 Å². The van der Waals surface area contributed by atoms with Crippen molar-refractivity contribution in [2.24, 2.45) is 17.3 Å². The molecule has 36 heavy (non-hydrogen) atoms. The molecule has 2 fully saturated rings. The molecule has 0 spiro atoms. The minimum Gasteiger partial charge on any atom is -0.344 e. The molecular weight excluding hydrogens is 458 g/mol. The lowest BCUT2D eigenvalue weighted by molar-refractivity contribution is -0.156. The monoisotopic (exact) mass is 499 g/mol. The van der Waals surface area contributed by atoms with Crippen LogP contribution in [0.1, 0.15) is 64.1 Å². The Labute approximate surface area is 214 Å². The maximum absolute atomic E-state index is 13.5. The number of carbonyl (C=O) groups is 3. The van der Waals surface area contributed by atoms with Crippen molar-refractivity contribution in [3.8, 4) is 0 Å². The van der Waals surface area contributed by atoms with Gasteiger partial charge in [0.25, 0.3) is 0 Å². The van der Waals surface area contributed by atoms with E-state index in [-0.39, 0.29) is 18.4 Å². The first-order valence-corrected chi connectivity index (χ1v) is 13.3. The summed E-state index contributed by atoms with van der Waals surface area (Å²) < 4.78 is 0. The largest absolute Gasteiger partial charge is 0.344 e. The second-order valence-electron chi connectivity index (χ2n) is 11.8. The third kappa shape index (κ3) is 6.24. The van der Waals surface area contributed by atoms with Crippen LogP contribution in [0.15, 0.2) is 18.3 Å². The molecule has 1 saturated carbocycles. The molecule has 0 radical (unpaired) electrons. The molecule has 1 aromatic rings. The minimum atomic E-state index is -0.674. The van der Waals surface area contributed by atoms with Gasteiger partial charge in [-0.3, -0.25) is 29.5 Å². The zero-order chi connectivity index (χ0) is 25.9. The van der Waals surface area contributed by atoms with Gasteiger partial charge in [-0.15, -0.1) is 0 Å². The Hall–Kier alpha value is -2.52. The van der Waals surface area contributed by atoms with Crippen LogP contribution in [0, 0.1) is 17.3 Å². The Bertz CT molecular complexity index is 936. The molecule has 9 heteroatoms. The maximum Gasteiger partial charge on any atom is 0.245 e. The number of nitrogens with one attached hydrogen (secondary N) is 1. The van der Waals surface area contributed by atoms with Gasteiger partial charge in [0.2, 0.25) is 18.2 Å². The molecule has 2 atom stereocenters. The molecule has 9 nitrogen and oxygen atoms in total. The summed E-state index contributed by atoms with van der Waals surface area (Å²) >= 11 is 0. The van der Waals surface area contributed by atoms with Crippen molar-refractivity contribution in [1.29, 1.82) is 0 Å². The molecule has 2 aliphatic heterocycles. The third-order valence-corrected chi connectivity index (χ3v) is 8.08. The van der Waals surface area contributed by atoms with Crippen LogP contribution in [0.5, 0.6) is 0 Å². The number of carbonyl (C=O) groups excluding carboxylic acids is 3. The van der Waals surface area contributed by atoms with Crippen LogP contribution in [0.2, 0.25) is 0 Å². The average Bonchev–Trinajstić information content (AvgIpc) is 3.33. The van der Waals surface area contributed by atoms with E-state index in [4.69, 9.17) is 0 Å². The van der Waals surface area contributed by atoms with Crippen molar-refractivity contribution in [1.82, 2.24) is 25.2 Å². The van der Waals surface area contributed by atoms with Gasteiger partial charge in [0.15, 0.2) is 0 Å². The van der Waals surface area contributed by atoms with Crippen molar-refractivity contribution in [3.05, 3.63) is 29.6 Å². The van der Waals surface area contributed by atoms with Crippen LogP contribution >= 0.6 is 0 Å². The van der Waals surface area contributed by atoms with Crippen molar-refractivity contribution < 1.29 is 19.6 Å². The van der Waals surface area contributed by atoms with Gasteiger partial charge in [0.05, 0.1) is 12.5 Å². The molecule has 0 unspecified atom stereocenters. The van der Waals surface area contributed by atoms with Crippen molar-refractivity contribution in [2.75, 3.05) is 26.2 Å². The molecule has 1 aliphatic carbocycles. The molecule has 0 aromatic carbocycles. The summed E-state index contributed by atoms with van der Waals surface area (Å²) in [4.78, 5) is 46.7. The lowest BCUT2D eigenvalue weighted by atomic mass is 9.84. The van der Waals surface area contributed by atoms with Crippen molar-refractivity contribution in [3.63, 3.8) is 0 Å². The number of nitrogens with zero attached hydrogens (tertiary/aromatic N) is 4. The molecule has 3 heterocycles. The highest BCUT2D eigenvalue weighted by atomic mass is 16.5. The molecule has 1 aromatic heterocycles. The van der Waals surface area contributed by atoms with E-state index < -0.39 is 17.4 Å². The van der Waals surface area contributed by atoms with Gasteiger partial charge < -0.3 is 10.2 Å². The fraction of sp³-hybridized carbons (Fsp3) is 0.704. The highest BCUT2D eigenvalue weighted by Crippen LogP contribution is 2.32. The molecule has 0 bridgehead atoms. The first-order valence-electron chi connectivity index (χ1n) is 13.3. The van der Waals surface area contributed by atoms with Crippen molar-refractivity contribution >= 4 is 18.2 Å². The summed E-state index contributed by atoms with van der Waals surface area (Å²) in [6.07, 6.45) is 8.12. The highest BCUT2D eigenvalue weighted by Gasteiger charge is 2.43. The molecule has 2 N–H and O–H groups in total. The Kier molecular flexibility index (Phi) is 8.30. The highest BCUT2D eigenvalue weighted by molar-refractivity contribution is 5.89. The Morgan fingerprint density at radius 3 is 2.67 bits per heavy atom. The van der Waals surface area contributed by atoms with Gasteiger partial charge in [-0.1, -0.05) is 52.5 Å². The quantitative estimate of drug-likeness (QED) is 0.307. The van der Waals surface area contributed by atoms with Crippen LogP contribution in [0.25, 0.3) is 0 Å². The zero-order valence-electron chi connectivity index (χ0n) is 21.9. The summed E-state index contributed by atoms with van der Waals surface area (Å²) in [5.41, 5.74) is 1.95. The van der Waals surface area contributed by atoms with Gasteiger partial charge in [-0.2, -0.15) is 0 Å². The van der Waals surface area contributed by atoms with E-state index in [1.807, 2.05) is 37.9 Å². The number of hydroxylamine groups is 2. The summed E-state index contributed by atoms with van der Waals surface area (Å²) in [5, 5.41) is 13.4. The van der Waals surface area contributed by atoms with Crippen LogP contribution in [0.4, 0.5) is 0 Å². The molecule has 3 aliphatic rings. The normalized spacial score (nSPS) is 20.8. The average molecular weight is 500 g/mol. The number of rotatable bonds is 9.